The van der Waals surface area contributed by atoms with E-state index in [-0.39, 0.29) is 4.93 Å². The highest BCUT2D eigenvalue weighted by Gasteiger charge is 2.39. The Bertz CT molecular complexity index is 197. The zero-order chi connectivity index (χ0) is 12.6. The van der Waals surface area contributed by atoms with Crippen LogP contribution >= 0.6 is 47.0 Å². The van der Waals surface area contributed by atoms with Crippen LogP contribution in [0.1, 0.15) is 20.8 Å². The molecule has 0 saturated carbocycles. The summed E-state index contributed by atoms with van der Waals surface area (Å²) < 4.78 is 5.37. The van der Waals surface area contributed by atoms with Crippen LogP contribution in [0.15, 0.2) is 0 Å². The molecule has 0 aromatic carbocycles. The standard InChI is InChI=1S/C12H24OS4/c1-4-14-5-6-15-7-8-16-11(2)9-17-12(3)10-13-12/h11H,4-10H2,1-3H3. The summed E-state index contributed by atoms with van der Waals surface area (Å²) >= 11 is 8.22. The van der Waals surface area contributed by atoms with Crippen molar-refractivity contribution < 1.29 is 4.74 Å². The van der Waals surface area contributed by atoms with Gasteiger partial charge in [0.15, 0.2) is 0 Å². The molecule has 1 heterocycles. The molecule has 0 aliphatic carbocycles. The molecule has 5 heteroatoms. The lowest BCUT2D eigenvalue weighted by atomic mass is 10.5. The predicted molar refractivity (Wildman–Crippen MR) is 89.1 cm³/mol. The third-order valence-electron chi connectivity index (χ3n) is 2.38. The first-order valence-corrected chi connectivity index (χ1v) is 10.6. The van der Waals surface area contributed by atoms with E-state index in [4.69, 9.17) is 4.74 Å². The largest absolute Gasteiger partial charge is 0.358 e. The van der Waals surface area contributed by atoms with Crippen LogP contribution in [0.25, 0.3) is 0 Å². The number of thioether (sulfide) groups is 4. The molecule has 1 nitrogen and oxygen atoms in total. The summed E-state index contributed by atoms with van der Waals surface area (Å²) in [6.45, 7) is 7.70. The van der Waals surface area contributed by atoms with Crippen molar-refractivity contribution in [2.45, 2.75) is 31.0 Å². The van der Waals surface area contributed by atoms with Gasteiger partial charge in [0.1, 0.15) is 4.93 Å². The van der Waals surface area contributed by atoms with Crippen molar-refractivity contribution in [3.8, 4) is 0 Å². The van der Waals surface area contributed by atoms with Gasteiger partial charge in [0, 0.05) is 34.0 Å². The van der Waals surface area contributed by atoms with Crippen LogP contribution in [0.4, 0.5) is 0 Å². The van der Waals surface area contributed by atoms with E-state index in [1.807, 2.05) is 23.5 Å². The normalized spacial score (nSPS) is 24.9. The van der Waals surface area contributed by atoms with Crippen molar-refractivity contribution in [2.75, 3.05) is 41.1 Å². The van der Waals surface area contributed by atoms with E-state index in [9.17, 15) is 0 Å². The van der Waals surface area contributed by atoms with Gasteiger partial charge in [0.25, 0.3) is 0 Å². The van der Waals surface area contributed by atoms with Crippen LogP contribution in [0.5, 0.6) is 0 Å². The topological polar surface area (TPSA) is 12.5 Å². The van der Waals surface area contributed by atoms with Gasteiger partial charge in [-0.3, -0.25) is 0 Å². The Hall–Kier alpha value is 1.36. The van der Waals surface area contributed by atoms with Gasteiger partial charge in [0.2, 0.25) is 0 Å². The molecule has 0 N–H and O–H groups in total. The van der Waals surface area contributed by atoms with Crippen LogP contribution in [-0.4, -0.2) is 51.3 Å². The first-order valence-electron chi connectivity index (χ1n) is 6.21. The second kappa shape index (κ2) is 9.29. The van der Waals surface area contributed by atoms with Gasteiger partial charge in [0.05, 0.1) is 6.61 Å². The lowest BCUT2D eigenvalue weighted by Crippen LogP contribution is -2.07. The van der Waals surface area contributed by atoms with E-state index in [2.05, 4.69) is 44.3 Å². The first kappa shape index (κ1) is 16.4. The number of hydrogen-bond donors (Lipinski definition) is 0. The summed E-state index contributed by atoms with van der Waals surface area (Å²) in [5, 5.41) is 0.756. The molecule has 1 aliphatic heterocycles. The highest BCUT2D eigenvalue weighted by Crippen LogP contribution is 2.39. The molecule has 2 atom stereocenters. The molecule has 1 aliphatic rings. The van der Waals surface area contributed by atoms with Crippen LogP contribution in [0.2, 0.25) is 0 Å². The molecule has 1 rings (SSSR count). The number of hydrogen-bond acceptors (Lipinski definition) is 5. The summed E-state index contributed by atoms with van der Waals surface area (Å²) in [7, 11) is 0. The Balaban J connectivity index is 1.81. The van der Waals surface area contributed by atoms with E-state index in [0.29, 0.717) is 0 Å². The van der Waals surface area contributed by atoms with Gasteiger partial charge in [-0.1, -0.05) is 13.8 Å². The van der Waals surface area contributed by atoms with E-state index < -0.39 is 0 Å². The Kier molecular flexibility index (Phi) is 8.97. The number of epoxide rings is 1. The maximum absolute atomic E-state index is 5.37. The SMILES string of the molecule is CCSCCSCCSC(C)CSC1(C)CO1. The molecule has 102 valence electrons. The summed E-state index contributed by atoms with van der Waals surface area (Å²) in [6, 6.07) is 0. The second-order valence-corrected chi connectivity index (χ2v) is 9.87. The van der Waals surface area contributed by atoms with Gasteiger partial charge in [-0.05, 0) is 12.7 Å². The maximum Gasteiger partial charge on any atom is 0.134 e. The fourth-order valence-corrected chi connectivity index (χ4v) is 5.30. The van der Waals surface area contributed by atoms with Crippen molar-refractivity contribution in [1.29, 1.82) is 0 Å². The average Bonchev–Trinajstić information content (AvgIpc) is 3.04. The highest BCUT2D eigenvalue weighted by atomic mass is 32.2. The zero-order valence-electron chi connectivity index (χ0n) is 11.1. The van der Waals surface area contributed by atoms with Gasteiger partial charge in [-0.2, -0.15) is 35.3 Å². The average molecular weight is 313 g/mol. The van der Waals surface area contributed by atoms with E-state index >= 15 is 0 Å². The second-order valence-electron chi connectivity index (χ2n) is 4.22. The molecular formula is C12H24OS4. The van der Waals surface area contributed by atoms with Crippen molar-refractivity contribution in [3.05, 3.63) is 0 Å². The maximum atomic E-state index is 5.37. The highest BCUT2D eigenvalue weighted by molar-refractivity contribution is 8.05. The third-order valence-corrected chi connectivity index (χ3v) is 7.68. The smallest absolute Gasteiger partial charge is 0.134 e. The Morgan fingerprint density at radius 2 is 1.82 bits per heavy atom. The minimum Gasteiger partial charge on any atom is -0.358 e. The predicted octanol–water partition coefficient (Wildman–Crippen LogP) is 4.07. The fraction of sp³-hybridized carbons (Fsp3) is 1.00. The van der Waals surface area contributed by atoms with Gasteiger partial charge < -0.3 is 4.74 Å². The molecule has 1 fully saturated rings. The van der Waals surface area contributed by atoms with Crippen molar-refractivity contribution >= 4 is 47.0 Å². The molecule has 0 amide bonds. The first-order chi connectivity index (χ1) is 8.16. The van der Waals surface area contributed by atoms with Gasteiger partial charge >= 0.3 is 0 Å². The molecule has 0 bridgehead atoms. The summed E-state index contributed by atoms with van der Waals surface area (Å²) in [4.78, 5) is 0.168. The Morgan fingerprint density at radius 1 is 1.18 bits per heavy atom. The van der Waals surface area contributed by atoms with Gasteiger partial charge in [-0.25, -0.2) is 0 Å². The van der Waals surface area contributed by atoms with E-state index in [1.54, 1.807) is 0 Å². The fourth-order valence-electron chi connectivity index (χ4n) is 1.20. The number of rotatable bonds is 11. The summed E-state index contributed by atoms with van der Waals surface area (Å²) in [5.74, 6) is 7.70. The minimum atomic E-state index is 0.168. The molecule has 0 radical (unpaired) electrons. The summed E-state index contributed by atoms with van der Waals surface area (Å²) in [5.41, 5.74) is 0. The number of ether oxygens (including phenoxy) is 1. The third kappa shape index (κ3) is 8.98. The monoisotopic (exact) mass is 312 g/mol. The molecule has 0 aromatic rings. The summed E-state index contributed by atoms with van der Waals surface area (Å²) in [6.07, 6.45) is 0. The molecule has 2 unspecified atom stereocenters. The lowest BCUT2D eigenvalue weighted by Gasteiger charge is -2.12. The van der Waals surface area contributed by atoms with Crippen LogP contribution < -0.4 is 0 Å². The molecule has 0 spiro atoms. The Labute approximate surface area is 123 Å². The van der Waals surface area contributed by atoms with Crippen LogP contribution in [-0.2, 0) is 4.74 Å². The molecule has 17 heavy (non-hydrogen) atoms. The van der Waals surface area contributed by atoms with E-state index in [0.717, 1.165) is 11.9 Å². The Morgan fingerprint density at radius 3 is 2.47 bits per heavy atom. The van der Waals surface area contributed by atoms with Crippen LogP contribution in [0.3, 0.4) is 0 Å². The minimum absolute atomic E-state index is 0.168. The van der Waals surface area contributed by atoms with Gasteiger partial charge in [-0.15, -0.1) is 11.8 Å². The van der Waals surface area contributed by atoms with Crippen LogP contribution in [0, 0.1) is 0 Å². The molecular weight excluding hydrogens is 288 g/mol. The van der Waals surface area contributed by atoms with Crippen molar-refractivity contribution in [2.24, 2.45) is 0 Å². The molecule has 0 aromatic heterocycles. The van der Waals surface area contributed by atoms with Crippen molar-refractivity contribution in [3.63, 3.8) is 0 Å². The van der Waals surface area contributed by atoms with E-state index in [1.165, 1.54) is 34.5 Å². The quantitative estimate of drug-likeness (QED) is 0.420. The van der Waals surface area contributed by atoms with Crippen molar-refractivity contribution in [1.82, 2.24) is 0 Å². The zero-order valence-corrected chi connectivity index (χ0v) is 14.3. The lowest BCUT2D eigenvalue weighted by molar-refractivity contribution is 0.402. The molecule has 1 saturated heterocycles.